The summed E-state index contributed by atoms with van der Waals surface area (Å²) in [7, 11) is 0. The highest BCUT2D eigenvalue weighted by atomic mass is 16.5. The van der Waals surface area contributed by atoms with Crippen molar-refractivity contribution in [2.75, 3.05) is 13.2 Å². The van der Waals surface area contributed by atoms with Gasteiger partial charge in [-0.15, -0.1) is 0 Å². The summed E-state index contributed by atoms with van der Waals surface area (Å²) in [5.74, 6) is 2.21. The molecule has 0 aliphatic carbocycles. The maximum Gasteiger partial charge on any atom is 0.174 e. The minimum Gasteiger partial charge on any atom is -0.490 e. The lowest BCUT2D eigenvalue weighted by molar-refractivity contribution is 0.230. The first-order valence-corrected chi connectivity index (χ1v) is 7.25. The van der Waals surface area contributed by atoms with Gasteiger partial charge >= 0.3 is 0 Å². The topological polar surface area (TPSA) is 56.5 Å². The predicted octanol–water partition coefficient (Wildman–Crippen LogP) is 3.07. The van der Waals surface area contributed by atoms with Gasteiger partial charge in [0.25, 0.3) is 0 Å². The first kappa shape index (κ1) is 15.4. The summed E-state index contributed by atoms with van der Waals surface area (Å²) in [6.07, 6.45) is 0. The molecule has 0 fully saturated rings. The van der Waals surface area contributed by atoms with Crippen molar-refractivity contribution in [3.05, 3.63) is 41.3 Å². The van der Waals surface area contributed by atoms with Gasteiger partial charge in [0, 0.05) is 18.2 Å². The molecule has 0 radical (unpaired) electrons. The summed E-state index contributed by atoms with van der Waals surface area (Å²) in [5.41, 5.74) is 1.92. The summed E-state index contributed by atoms with van der Waals surface area (Å²) >= 11 is 0. The summed E-state index contributed by atoms with van der Waals surface area (Å²) in [6, 6.07) is 7.79. The number of nitrogens with zero attached hydrogens (tertiary/aromatic N) is 1. The van der Waals surface area contributed by atoms with Crippen molar-refractivity contribution >= 4 is 0 Å². The van der Waals surface area contributed by atoms with Gasteiger partial charge in [-0.2, -0.15) is 0 Å². The normalized spacial score (nSPS) is 10.6. The van der Waals surface area contributed by atoms with Crippen LogP contribution in [0.4, 0.5) is 0 Å². The highest BCUT2D eigenvalue weighted by Crippen LogP contribution is 2.32. The molecule has 0 spiro atoms. The Balaban J connectivity index is 2.16. The van der Waals surface area contributed by atoms with Crippen molar-refractivity contribution in [3.63, 3.8) is 0 Å². The van der Waals surface area contributed by atoms with Crippen LogP contribution in [0.5, 0.6) is 11.5 Å². The van der Waals surface area contributed by atoms with Gasteiger partial charge in [-0.05, 0) is 26.5 Å². The smallest absolute Gasteiger partial charge is 0.174 e. The number of rotatable bonds is 8. The lowest BCUT2D eigenvalue weighted by Crippen LogP contribution is -2.13. The summed E-state index contributed by atoms with van der Waals surface area (Å²) in [4.78, 5) is 0. The Morgan fingerprint density at radius 3 is 2.76 bits per heavy atom. The van der Waals surface area contributed by atoms with E-state index in [2.05, 4.69) is 17.4 Å². The molecule has 5 heteroatoms. The molecule has 0 atom stereocenters. The molecule has 0 amide bonds. The molecule has 0 aliphatic heterocycles. The van der Waals surface area contributed by atoms with Crippen LogP contribution in [0, 0.1) is 6.92 Å². The molecular formula is C16H22N2O3. The summed E-state index contributed by atoms with van der Waals surface area (Å²) < 4.78 is 16.7. The number of hydrogen-bond acceptors (Lipinski definition) is 5. The lowest BCUT2D eigenvalue weighted by Gasteiger charge is -2.15. The maximum atomic E-state index is 5.92. The second-order valence-electron chi connectivity index (χ2n) is 4.68. The van der Waals surface area contributed by atoms with Crippen LogP contribution in [0.1, 0.15) is 30.9 Å². The third-order valence-corrected chi connectivity index (χ3v) is 2.96. The van der Waals surface area contributed by atoms with Gasteiger partial charge in [0.2, 0.25) is 0 Å². The van der Waals surface area contributed by atoms with E-state index >= 15 is 0 Å². The fourth-order valence-electron chi connectivity index (χ4n) is 2.02. The van der Waals surface area contributed by atoms with Crippen molar-refractivity contribution < 1.29 is 14.0 Å². The predicted molar refractivity (Wildman–Crippen MR) is 80.6 cm³/mol. The van der Waals surface area contributed by atoms with Gasteiger partial charge in [0.15, 0.2) is 17.3 Å². The molecule has 5 nitrogen and oxygen atoms in total. The molecule has 0 saturated carbocycles. The third-order valence-electron chi connectivity index (χ3n) is 2.96. The fraction of sp³-hybridized carbons (Fsp3) is 0.438. The van der Waals surface area contributed by atoms with Crippen LogP contribution in [-0.2, 0) is 13.2 Å². The number of hydrogen-bond donors (Lipinski definition) is 1. The van der Waals surface area contributed by atoms with Gasteiger partial charge in [-0.1, -0.05) is 24.2 Å². The average molecular weight is 290 g/mol. The lowest BCUT2D eigenvalue weighted by atomic mass is 10.2. The molecule has 21 heavy (non-hydrogen) atoms. The van der Waals surface area contributed by atoms with Crippen LogP contribution < -0.4 is 14.8 Å². The molecule has 1 heterocycles. The van der Waals surface area contributed by atoms with E-state index in [1.54, 1.807) is 0 Å². The Morgan fingerprint density at radius 1 is 1.24 bits per heavy atom. The molecule has 0 aliphatic rings. The van der Waals surface area contributed by atoms with Crippen LogP contribution in [-0.4, -0.2) is 18.3 Å². The van der Waals surface area contributed by atoms with E-state index in [9.17, 15) is 0 Å². The second-order valence-corrected chi connectivity index (χ2v) is 4.68. The molecule has 0 unspecified atom stereocenters. The minimum atomic E-state index is 0.337. The monoisotopic (exact) mass is 290 g/mol. The molecular weight excluding hydrogens is 268 g/mol. The van der Waals surface area contributed by atoms with Gasteiger partial charge in [-0.25, -0.2) is 0 Å². The number of nitrogens with one attached hydrogen (secondary N) is 1. The van der Waals surface area contributed by atoms with Crippen LogP contribution in [0.25, 0.3) is 0 Å². The second kappa shape index (κ2) is 7.69. The average Bonchev–Trinajstić information content (AvgIpc) is 2.90. The van der Waals surface area contributed by atoms with Crippen LogP contribution in [0.15, 0.2) is 28.8 Å². The van der Waals surface area contributed by atoms with Gasteiger partial charge in [-0.3, -0.25) is 0 Å². The molecule has 1 N–H and O–H groups in total. The van der Waals surface area contributed by atoms with E-state index < -0.39 is 0 Å². The molecule has 1 aromatic heterocycles. The Bertz CT molecular complexity index is 566. The number of para-hydroxylation sites is 1. The number of aryl methyl sites for hydroxylation is 1. The standard InChI is InChI=1S/C16H22N2O3/c1-4-17-10-13-7-6-8-15(19-5-2)16(13)20-11-14-9-12(3)18-21-14/h6-9,17H,4-5,10-11H2,1-3H3. The molecule has 0 bridgehead atoms. The molecule has 2 rings (SSSR count). The quantitative estimate of drug-likeness (QED) is 0.809. The van der Waals surface area contributed by atoms with E-state index in [0.29, 0.717) is 19.0 Å². The van der Waals surface area contributed by atoms with E-state index in [1.165, 1.54) is 0 Å². The molecule has 0 saturated heterocycles. The van der Waals surface area contributed by atoms with Crippen LogP contribution >= 0.6 is 0 Å². The van der Waals surface area contributed by atoms with Crippen molar-refractivity contribution in [2.45, 2.75) is 33.9 Å². The van der Waals surface area contributed by atoms with E-state index in [4.69, 9.17) is 14.0 Å². The Hall–Kier alpha value is -2.01. The maximum absolute atomic E-state index is 5.92. The zero-order valence-corrected chi connectivity index (χ0v) is 12.8. The van der Waals surface area contributed by atoms with Gasteiger partial charge < -0.3 is 19.3 Å². The Labute approximate surface area is 125 Å². The Morgan fingerprint density at radius 2 is 2.10 bits per heavy atom. The third kappa shape index (κ3) is 4.23. The van der Waals surface area contributed by atoms with Crippen molar-refractivity contribution in [3.8, 4) is 11.5 Å². The Kier molecular flexibility index (Phi) is 5.63. The zero-order valence-electron chi connectivity index (χ0n) is 12.8. The highest BCUT2D eigenvalue weighted by molar-refractivity contribution is 5.46. The zero-order chi connectivity index (χ0) is 15.1. The molecule has 1 aromatic carbocycles. The summed E-state index contributed by atoms with van der Waals surface area (Å²) in [5, 5.41) is 7.17. The SMILES string of the molecule is CCNCc1cccc(OCC)c1OCc1cc(C)no1. The van der Waals surface area contributed by atoms with E-state index in [1.807, 2.05) is 38.1 Å². The van der Waals surface area contributed by atoms with Crippen molar-refractivity contribution in [1.29, 1.82) is 0 Å². The first-order chi connectivity index (χ1) is 10.2. The van der Waals surface area contributed by atoms with Gasteiger partial charge in [0.05, 0.1) is 12.3 Å². The largest absolute Gasteiger partial charge is 0.490 e. The summed E-state index contributed by atoms with van der Waals surface area (Å²) in [6.45, 7) is 8.50. The highest BCUT2D eigenvalue weighted by Gasteiger charge is 2.12. The molecule has 114 valence electrons. The van der Waals surface area contributed by atoms with Crippen molar-refractivity contribution in [1.82, 2.24) is 10.5 Å². The minimum absolute atomic E-state index is 0.337. The van der Waals surface area contributed by atoms with Crippen LogP contribution in [0.3, 0.4) is 0 Å². The van der Waals surface area contributed by atoms with Crippen molar-refractivity contribution in [2.24, 2.45) is 0 Å². The number of ether oxygens (including phenoxy) is 2. The fourth-order valence-corrected chi connectivity index (χ4v) is 2.02. The number of benzene rings is 1. The first-order valence-electron chi connectivity index (χ1n) is 7.25. The van der Waals surface area contributed by atoms with Crippen LogP contribution in [0.2, 0.25) is 0 Å². The number of aromatic nitrogens is 1. The van der Waals surface area contributed by atoms with Gasteiger partial charge in [0.1, 0.15) is 6.61 Å². The molecule has 2 aromatic rings. The van der Waals surface area contributed by atoms with E-state index in [0.717, 1.165) is 35.8 Å². The van der Waals surface area contributed by atoms with E-state index in [-0.39, 0.29) is 0 Å².